The van der Waals surface area contributed by atoms with Crippen LogP contribution >= 0.6 is 11.8 Å². The predicted molar refractivity (Wildman–Crippen MR) is 87.8 cm³/mol. The highest BCUT2D eigenvalue weighted by atomic mass is 32.2. The van der Waals surface area contributed by atoms with E-state index in [0.717, 1.165) is 29.8 Å². The maximum absolute atomic E-state index is 12.3. The quantitative estimate of drug-likeness (QED) is 0.879. The molecule has 6 heteroatoms. The first-order chi connectivity index (χ1) is 10.7. The zero-order valence-corrected chi connectivity index (χ0v) is 13.3. The molecule has 2 atom stereocenters. The summed E-state index contributed by atoms with van der Waals surface area (Å²) < 4.78 is 0. The molecular weight excluding hydrogens is 298 g/mol. The van der Waals surface area contributed by atoms with Crippen LogP contribution < -0.4 is 16.0 Å². The van der Waals surface area contributed by atoms with Crippen molar-refractivity contribution >= 4 is 29.3 Å². The molecule has 2 unspecified atom stereocenters. The Hall–Kier alpha value is -1.53. The summed E-state index contributed by atoms with van der Waals surface area (Å²) in [6, 6.07) is 7.88. The number of hydrogen-bond acceptors (Lipinski definition) is 4. The lowest BCUT2D eigenvalue weighted by atomic mass is 10.0. The molecule has 1 aromatic rings. The first-order valence-electron chi connectivity index (χ1n) is 7.70. The van der Waals surface area contributed by atoms with E-state index in [2.05, 4.69) is 5.32 Å². The average Bonchev–Trinajstić information content (AvgIpc) is 2.97. The number of anilines is 1. The Kier molecular flexibility index (Phi) is 4.69. The van der Waals surface area contributed by atoms with Crippen molar-refractivity contribution in [2.24, 2.45) is 11.7 Å². The number of carbonyl (C=O) groups excluding carboxylic acids is 2. The molecule has 0 radical (unpaired) electrons. The third kappa shape index (κ3) is 3.13. The molecule has 0 saturated heterocycles. The Balaban J connectivity index is 1.67. The maximum Gasteiger partial charge on any atom is 0.240 e. The fourth-order valence-electron chi connectivity index (χ4n) is 3.23. The SMILES string of the molecule is NCC1CCCC1NC(=O)CN1C(=O)CSc2ccccc21. The Bertz CT molecular complexity index is 578. The fourth-order valence-corrected chi connectivity index (χ4v) is 4.17. The summed E-state index contributed by atoms with van der Waals surface area (Å²) in [5, 5.41) is 3.06. The number of nitrogens with one attached hydrogen (secondary N) is 1. The fraction of sp³-hybridized carbons (Fsp3) is 0.500. The number of amides is 2. The standard InChI is InChI=1S/C16H21N3O2S/c17-8-11-4-3-5-12(11)18-15(20)9-19-13-6-1-2-7-14(13)22-10-16(19)21/h1-2,6-7,11-12H,3-5,8-10,17H2,(H,18,20). The van der Waals surface area contributed by atoms with Crippen LogP contribution in [0.25, 0.3) is 0 Å². The second-order valence-corrected chi connectivity index (χ2v) is 6.85. The number of nitrogens with zero attached hydrogens (tertiary/aromatic N) is 1. The minimum atomic E-state index is -0.0968. The van der Waals surface area contributed by atoms with Gasteiger partial charge in [0, 0.05) is 10.9 Å². The molecule has 3 N–H and O–H groups in total. The van der Waals surface area contributed by atoms with Crippen LogP contribution in [0.2, 0.25) is 0 Å². The van der Waals surface area contributed by atoms with Gasteiger partial charge in [0.2, 0.25) is 11.8 Å². The summed E-state index contributed by atoms with van der Waals surface area (Å²) in [7, 11) is 0. The number of benzene rings is 1. The monoisotopic (exact) mass is 319 g/mol. The van der Waals surface area contributed by atoms with E-state index < -0.39 is 0 Å². The Morgan fingerprint density at radius 1 is 1.36 bits per heavy atom. The van der Waals surface area contributed by atoms with Crippen LogP contribution in [0.15, 0.2) is 29.2 Å². The third-order valence-corrected chi connectivity index (χ3v) is 5.47. The summed E-state index contributed by atoms with van der Waals surface area (Å²) in [5.74, 6) is 0.643. The first kappa shape index (κ1) is 15.4. The van der Waals surface area contributed by atoms with E-state index in [1.165, 1.54) is 11.8 Å². The lowest BCUT2D eigenvalue weighted by Gasteiger charge is -2.29. The van der Waals surface area contributed by atoms with Gasteiger partial charge in [-0.3, -0.25) is 9.59 Å². The molecule has 3 rings (SSSR count). The number of thioether (sulfide) groups is 1. The highest BCUT2D eigenvalue weighted by molar-refractivity contribution is 8.00. The van der Waals surface area contributed by atoms with E-state index in [4.69, 9.17) is 5.73 Å². The highest BCUT2D eigenvalue weighted by Crippen LogP contribution is 2.34. The first-order valence-corrected chi connectivity index (χ1v) is 8.69. The molecule has 2 aliphatic rings. The van der Waals surface area contributed by atoms with Gasteiger partial charge in [0.05, 0.1) is 11.4 Å². The van der Waals surface area contributed by atoms with Crippen LogP contribution in [0.1, 0.15) is 19.3 Å². The molecule has 1 aliphatic carbocycles. The van der Waals surface area contributed by atoms with Crippen molar-refractivity contribution in [1.29, 1.82) is 0 Å². The van der Waals surface area contributed by atoms with Crippen LogP contribution in [0.5, 0.6) is 0 Å². The Labute approximate surface area is 134 Å². The number of fused-ring (bicyclic) bond motifs is 1. The zero-order chi connectivity index (χ0) is 15.5. The van der Waals surface area contributed by atoms with Crippen LogP contribution in [0.4, 0.5) is 5.69 Å². The van der Waals surface area contributed by atoms with E-state index in [1.54, 1.807) is 4.90 Å². The normalized spacial score (nSPS) is 24.2. The predicted octanol–water partition coefficient (Wildman–Crippen LogP) is 1.37. The molecule has 1 heterocycles. The molecule has 2 amide bonds. The molecule has 1 aliphatic heterocycles. The maximum atomic E-state index is 12.3. The van der Waals surface area contributed by atoms with Crippen molar-refractivity contribution < 1.29 is 9.59 Å². The van der Waals surface area contributed by atoms with E-state index >= 15 is 0 Å². The molecule has 0 spiro atoms. The average molecular weight is 319 g/mol. The van der Waals surface area contributed by atoms with Crippen LogP contribution in [-0.2, 0) is 9.59 Å². The lowest BCUT2D eigenvalue weighted by Crippen LogP contribution is -2.47. The summed E-state index contributed by atoms with van der Waals surface area (Å²) in [5.41, 5.74) is 6.58. The minimum absolute atomic E-state index is 0.0133. The molecule has 0 bridgehead atoms. The lowest BCUT2D eigenvalue weighted by molar-refractivity contribution is -0.123. The van der Waals surface area contributed by atoms with Crippen molar-refractivity contribution in [3.63, 3.8) is 0 Å². The molecule has 1 fully saturated rings. The van der Waals surface area contributed by atoms with Gasteiger partial charge in [-0.25, -0.2) is 0 Å². The van der Waals surface area contributed by atoms with Crippen molar-refractivity contribution in [2.75, 3.05) is 23.7 Å². The molecule has 118 valence electrons. The second kappa shape index (κ2) is 6.71. The van der Waals surface area contributed by atoms with Crippen LogP contribution in [0.3, 0.4) is 0 Å². The molecule has 22 heavy (non-hydrogen) atoms. The summed E-state index contributed by atoms with van der Waals surface area (Å²) in [4.78, 5) is 27.1. The smallest absolute Gasteiger partial charge is 0.240 e. The molecular formula is C16H21N3O2S. The Morgan fingerprint density at radius 3 is 3.00 bits per heavy atom. The van der Waals surface area contributed by atoms with E-state index in [9.17, 15) is 9.59 Å². The van der Waals surface area contributed by atoms with Crippen molar-refractivity contribution in [3.05, 3.63) is 24.3 Å². The number of para-hydroxylation sites is 1. The number of carbonyl (C=O) groups is 2. The second-order valence-electron chi connectivity index (χ2n) is 5.84. The van der Waals surface area contributed by atoms with Crippen molar-refractivity contribution in [3.8, 4) is 0 Å². The molecule has 0 aromatic heterocycles. The molecule has 5 nitrogen and oxygen atoms in total. The summed E-state index contributed by atoms with van der Waals surface area (Å²) >= 11 is 1.53. The summed E-state index contributed by atoms with van der Waals surface area (Å²) in [6.07, 6.45) is 3.16. The highest BCUT2D eigenvalue weighted by Gasteiger charge is 2.30. The number of hydrogen-bond donors (Lipinski definition) is 2. The van der Waals surface area contributed by atoms with Gasteiger partial charge in [-0.15, -0.1) is 11.8 Å². The van der Waals surface area contributed by atoms with Crippen molar-refractivity contribution in [2.45, 2.75) is 30.2 Å². The number of nitrogens with two attached hydrogens (primary N) is 1. The minimum Gasteiger partial charge on any atom is -0.351 e. The van der Waals surface area contributed by atoms with E-state index in [0.29, 0.717) is 18.2 Å². The van der Waals surface area contributed by atoms with Gasteiger partial charge in [0.25, 0.3) is 0 Å². The van der Waals surface area contributed by atoms with Gasteiger partial charge in [-0.1, -0.05) is 18.6 Å². The molecule has 1 aromatic carbocycles. The molecule has 1 saturated carbocycles. The largest absolute Gasteiger partial charge is 0.351 e. The summed E-state index contributed by atoms with van der Waals surface area (Å²) in [6.45, 7) is 0.692. The van der Waals surface area contributed by atoms with Gasteiger partial charge in [-0.05, 0) is 37.4 Å². The van der Waals surface area contributed by atoms with Gasteiger partial charge in [0.15, 0.2) is 0 Å². The zero-order valence-electron chi connectivity index (χ0n) is 12.5. The van der Waals surface area contributed by atoms with E-state index in [-0.39, 0.29) is 24.4 Å². The van der Waals surface area contributed by atoms with Gasteiger partial charge in [0.1, 0.15) is 6.54 Å². The number of rotatable bonds is 4. The van der Waals surface area contributed by atoms with Gasteiger partial charge >= 0.3 is 0 Å². The van der Waals surface area contributed by atoms with Crippen LogP contribution in [0, 0.1) is 5.92 Å². The Morgan fingerprint density at radius 2 is 2.18 bits per heavy atom. The van der Waals surface area contributed by atoms with Gasteiger partial charge < -0.3 is 16.0 Å². The topological polar surface area (TPSA) is 75.4 Å². The van der Waals surface area contributed by atoms with Crippen LogP contribution in [-0.4, -0.2) is 36.7 Å². The third-order valence-electron chi connectivity index (χ3n) is 4.42. The van der Waals surface area contributed by atoms with Gasteiger partial charge in [-0.2, -0.15) is 0 Å². The van der Waals surface area contributed by atoms with Crippen molar-refractivity contribution in [1.82, 2.24) is 5.32 Å². The van der Waals surface area contributed by atoms with E-state index in [1.807, 2.05) is 24.3 Å².